The van der Waals surface area contributed by atoms with Crippen molar-refractivity contribution in [3.8, 4) is 0 Å². The number of aromatic nitrogens is 2. The van der Waals surface area contributed by atoms with Crippen LogP contribution in [-0.2, 0) is 9.59 Å². The van der Waals surface area contributed by atoms with Gasteiger partial charge in [0.2, 0.25) is 0 Å². The Bertz CT molecular complexity index is 906. The van der Waals surface area contributed by atoms with Gasteiger partial charge in [0.05, 0.1) is 11.0 Å². The Morgan fingerprint density at radius 2 is 1.61 bits per heavy atom. The number of H-pyrrole nitrogens is 2. The number of imidazole rings is 1. The summed E-state index contributed by atoms with van der Waals surface area (Å²) < 4.78 is 0. The zero-order valence-electron chi connectivity index (χ0n) is 16.0. The third kappa shape index (κ3) is 4.42. The van der Waals surface area contributed by atoms with E-state index < -0.39 is 0 Å². The number of hydrogen-bond donors (Lipinski definition) is 5. The van der Waals surface area contributed by atoms with Crippen molar-refractivity contribution in [2.45, 2.75) is 12.8 Å². The molecule has 2 amide bonds. The number of carbonyl (C=O) groups excluding carboxylic acids is 2. The zero-order valence-corrected chi connectivity index (χ0v) is 16.0. The number of nitrogens with zero attached hydrogens (tertiary/aromatic N) is 1. The minimum atomic E-state index is -0.258. The summed E-state index contributed by atoms with van der Waals surface area (Å²) in [5.74, 6) is 0.232. The maximum absolute atomic E-state index is 12.4. The smallest absolute Gasteiger partial charge is 0.323 e. The number of piperazine rings is 1. The molecule has 0 aliphatic carbocycles. The lowest BCUT2D eigenvalue weighted by Crippen LogP contribution is -3.28. The Hall–Kier alpha value is -2.65. The fourth-order valence-electron chi connectivity index (χ4n) is 4.15. The average molecular weight is 388 g/mol. The van der Waals surface area contributed by atoms with Crippen LogP contribution < -0.4 is 20.8 Å². The number of rotatable bonds is 5. The van der Waals surface area contributed by atoms with E-state index in [0.717, 1.165) is 57.6 Å². The molecule has 2 saturated heterocycles. The molecule has 9 nitrogen and oxygen atoms in total. The number of anilines is 1. The molecular formula is C19H28N6O3+2. The minimum Gasteiger partial charge on any atom is -0.338 e. The van der Waals surface area contributed by atoms with Crippen LogP contribution in [0.3, 0.4) is 0 Å². The molecule has 150 valence electrons. The van der Waals surface area contributed by atoms with Crippen LogP contribution in [0.1, 0.15) is 12.8 Å². The van der Waals surface area contributed by atoms with Crippen molar-refractivity contribution in [1.82, 2.24) is 14.9 Å². The van der Waals surface area contributed by atoms with Crippen LogP contribution in [0.4, 0.5) is 5.69 Å². The van der Waals surface area contributed by atoms with Crippen LogP contribution in [-0.4, -0.2) is 79.0 Å². The van der Waals surface area contributed by atoms with Crippen LogP contribution >= 0.6 is 0 Å². The summed E-state index contributed by atoms with van der Waals surface area (Å²) in [5, 5.41) is 2.91. The van der Waals surface area contributed by atoms with Crippen LogP contribution in [0.5, 0.6) is 0 Å². The van der Waals surface area contributed by atoms with E-state index in [9.17, 15) is 14.4 Å². The molecular weight excluding hydrogens is 360 g/mol. The van der Waals surface area contributed by atoms with Crippen LogP contribution in [0.25, 0.3) is 11.0 Å². The number of likely N-dealkylation sites (tertiary alicyclic amines) is 1. The number of aromatic amines is 2. The van der Waals surface area contributed by atoms with Gasteiger partial charge < -0.3 is 30.0 Å². The SMILES string of the molecule is O=C(C[NH+]1CC[NH+](CC(=O)N2CCCC2)CC1)Nc1ccc2[nH]c(=O)[nH]c2c1. The molecule has 2 fully saturated rings. The van der Waals surface area contributed by atoms with Crippen molar-refractivity contribution in [3.63, 3.8) is 0 Å². The topological polar surface area (TPSA) is 107 Å². The Morgan fingerprint density at radius 1 is 0.964 bits per heavy atom. The van der Waals surface area contributed by atoms with E-state index in [1.807, 2.05) is 4.90 Å². The van der Waals surface area contributed by atoms with E-state index in [2.05, 4.69) is 15.3 Å². The molecule has 0 spiro atoms. The molecule has 9 heteroatoms. The van der Waals surface area contributed by atoms with Gasteiger partial charge in [-0.1, -0.05) is 0 Å². The lowest BCUT2D eigenvalue weighted by atomic mass is 10.2. The Kier molecular flexibility index (Phi) is 5.45. The van der Waals surface area contributed by atoms with Gasteiger partial charge in [0.15, 0.2) is 13.1 Å². The molecule has 28 heavy (non-hydrogen) atoms. The minimum absolute atomic E-state index is 0.0381. The van der Waals surface area contributed by atoms with Crippen molar-refractivity contribution < 1.29 is 19.4 Å². The molecule has 0 radical (unpaired) electrons. The highest BCUT2D eigenvalue weighted by atomic mass is 16.2. The number of nitrogens with one attached hydrogen (secondary N) is 5. The molecule has 0 atom stereocenters. The van der Waals surface area contributed by atoms with E-state index in [1.165, 1.54) is 9.80 Å². The molecule has 2 aliphatic rings. The van der Waals surface area contributed by atoms with Gasteiger partial charge in [-0.25, -0.2) is 4.79 Å². The van der Waals surface area contributed by atoms with Gasteiger partial charge in [-0.05, 0) is 31.0 Å². The number of amides is 2. The largest absolute Gasteiger partial charge is 0.338 e. The van der Waals surface area contributed by atoms with Crippen molar-refractivity contribution in [3.05, 3.63) is 28.7 Å². The molecule has 0 bridgehead atoms. The number of benzene rings is 1. The van der Waals surface area contributed by atoms with Gasteiger partial charge in [0.1, 0.15) is 26.2 Å². The second-order valence-electron chi connectivity index (χ2n) is 7.83. The predicted octanol–water partition coefficient (Wildman–Crippen LogP) is -2.80. The molecule has 1 aromatic heterocycles. The summed E-state index contributed by atoms with van der Waals surface area (Å²) in [4.78, 5) is 45.9. The first-order chi connectivity index (χ1) is 13.6. The van der Waals surface area contributed by atoms with Gasteiger partial charge in [-0.2, -0.15) is 0 Å². The zero-order chi connectivity index (χ0) is 19.5. The number of carbonyl (C=O) groups is 2. The molecule has 2 aromatic rings. The Balaban J connectivity index is 1.23. The quantitative estimate of drug-likeness (QED) is 0.382. The monoisotopic (exact) mass is 388 g/mol. The third-order valence-corrected chi connectivity index (χ3v) is 5.73. The first-order valence-corrected chi connectivity index (χ1v) is 10.0. The Labute approximate surface area is 162 Å². The fourth-order valence-corrected chi connectivity index (χ4v) is 4.15. The van der Waals surface area contributed by atoms with Gasteiger partial charge in [0, 0.05) is 18.8 Å². The predicted molar refractivity (Wildman–Crippen MR) is 104 cm³/mol. The maximum Gasteiger partial charge on any atom is 0.323 e. The normalized spacial score (nSPS) is 22.5. The van der Waals surface area contributed by atoms with E-state index in [1.54, 1.807) is 18.2 Å². The van der Waals surface area contributed by atoms with Gasteiger partial charge >= 0.3 is 5.69 Å². The highest BCUT2D eigenvalue weighted by molar-refractivity contribution is 5.93. The second kappa shape index (κ2) is 8.15. The summed E-state index contributed by atoms with van der Waals surface area (Å²) >= 11 is 0. The highest BCUT2D eigenvalue weighted by Gasteiger charge is 2.28. The highest BCUT2D eigenvalue weighted by Crippen LogP contribution is 2.14. The van der Waals surface area contributed by atoms with E-state index >= 15 is 0 Å². The number of quaternary nitrogens is 2. The molecule has 0 unspecified atom stereocenters. The van der Waals surface area contributed by atoms with Gasteiger partial charge in [-0.15, -0.1) is 0 Å². The lowest BCUT2D eigenvalue weighted by molar-refractivity contribution is -1.00. The first kappa shape index (κ1) is 18.7. The Morgan fingerprint density at radius 3 is 2.32 bits per heavy atom. The summed E-state index contributed by atoms with van der Waals surface area (Å²) in [7, 11) is 0. The van der Waals surface area contributed by atoms with Crippen LogP contribution in [0.2, 0.25) is 0 Å². The van der Waals surface area contributed by atoms with Crippen molar-refractivity contribution in [2.24, 2.45) is 0 Å². The molecule has 0 saturated carbocycles. The molecule has 2 aliphatic heterocycles. The van der Waals surface area contributed by atoms with E-state index in [4.69, 9.17) is 0 Å². The number of hydrogen-bond acceptors (Lipinski definition) is 3. The summed E-state index contributed by atoms with van der Waals surface area (Å²) in [6, 6.07) is 5.31. The maximum atomic E-state index is 12.4. The summed E-state index contributed by atoms with van der Waals surface area (Å²) in [5.41, 5.74) is 1.81. The van der Waals surface area contributed by atoms with E-state index in [-0.39, 0.29) is 17.5 Å². The van der Waals surface area contributed by atoms with Crippen molar-refractivity contribution >= 4 is 28.5 Å². The van der Waals surface area contributed by atoms with Gasteiger partial charge in [-0.3, -0.25) is 9.59 Å². The van der Waals surface area contributed by atoms with Crippen molar-refractivity contribution in [2.75, 3.05) is 57.7 Å². The second-order valence-corrected chi connectivity index (χ2v) is 7.83. The van der Waals surface area contributed by atoms with Gasteiger partial charge in [0.25, 0.3) is 11.8 Å². The van der Waals surface area contributed by atoms with Crippen LogP contribution in [0, 0.1) is 0 Å². The molecule has 5 N–H and O–H groups in total. The fraction of sp³-hybridized carbons (Fsp3) is 0.526. The summed E-state index contributed by atoms with van der Waals surface area (Å²) in [6.07, 6.45) is 2.25. The third-order valence-electron chi connectivity index (χ3n) is 5.73. The molecule has 4 rings (SSSR count). The lowest BCUT2D eigenvalue weighted by Gasteiger charge is -2.29. The molecule has 3 heterocycles. The average Bonchev–Trinajstić information content (AvgIpc) is 3.32. The van der Waals surface area contributed by atoms with E-state index in [0.29, 0.717) is 24.3 Å². The summed E-state index contributed by atoms with van der Waals surface area (Å²) in [6.45, 7) is 6.42. The molecule has 1 aromatic carbocycles. The first-order valence-electron chi connectivity index (χ1n) is 10.0. The van der Waals surface area contributed by atoms with Crippen molar-refractivity contribution in [1.29, 1.82) is 0 Å². The van der Waals surface area contributed by atoms with Crippen LogP contribution in [0.15, 0.2) is 23.0 Å². The number of fused-ring (bicyclic) bond motifs is 1. The standard InChI is InChI=1S/C19H26N6O3/c26-17(20-14-3-4-15-16(11-14)22-19(28)21-15)12-23-7-9-24(10-8-23)13-18(27)25-5-1-2-6-25/h3-4,11H,1-2,5-10,12-13H2,(H,20,26)(H2,21,22,28)/p+2.